The summed E-state index contributed by atoms with van der Waals surface area (Å²) >= 11 is 0. The molecule has 118 valence electrons. The first-order valence-electron chi connectivity index (χ1n) is 7.70. The van der Waals surface area contributed by atoms with E-state index >= 15 is 0 Å². The lowest BCUT2D eigenvalue weighted by Crippen LogP contribution is -2.41. The Bertz CT molecular complexity index is 442. The predicted molar refractivity (Wildman–Crippen MR) is 80.0 cm³/mol. The highest BCUT2D eigenvalue weighted by atomic mass is 16.4. The predicted octanol–water partition coefficient (Wildman–Crippen LogP) is 1.03. The zero-order valence-corrected chi connectivity index (χ0v) is 12.9. The molecule has 21 heavy (non-hydrogen) atoms. The largest absolute Gasteiger partial charge is 0.408 e. The fourth-order valence-corrected chi connectivity index (χ4v) is 2.71. The van der Waals surface area contributed by atoms with Crippen molar-refractivity contribution in [3.8, 4) is 0 Å². The smallest absolute Gasteiger partial charge is 0.322 e. The summed E-state index contributed by atoms with van der Waals surface area (Å²) in [5, 5.41) is 13.5. The number of nitrogens with one attached hydrogen (secondary N) is 2. The highest BCUT2D eigenvalue weighted by Crippen LogP contribution is 2.12. The number of hydrogen-bond acceptors (Lipinski definition) is 6. The highest BCUT2D eigenvalue weighted by molar-refractivity contribution is 5.90. The highest BCUT2D eigenvalue weighted by Gasteiger charge is 2.19. The van der Waals surface area contributed by atoms with Crippen LogP contribution in [0, 0.1) is 12.8 Å². The maximum Gasteiger partial charge on any atom is 0.322 e. The number of piperidine rings is 1. The first-order chi connectivity index (χ1) is 10.2. The van der Waals surface area contributed by atoms with Gasteiger partial charge in [-0.15, -0.1) is 5.10 Å². The van der Waals surface area contributed by atoms with E-state index in [-0.39, 0.29) is 11.9 Å². The van der Waals surface area contributed by atoms with Crippen LogP contribution in [0.2, 0.25) is 0 Å². The SMILES string of the molecule is CCCN(CC(=O)Nc1nnc(C)o1)CC1CCCNC1. The van der Waals surface area contributed by atoms with Crippen molar-refractivity contribution >= 4 is 11.9 Å². The molecule has 2 heterocycles. The Hall–Kier alpha value is -1.47. The van der Waals surface area contributed by atoms with Crippen LogP contribution in [0.5, 0.6) is 0 Å². The van der Waals surface area contributed by atoms with Gasteiger partial charge < -0.3 is 9.73 Å². The average Bonchev–Trinajstić information content (AvgIpc) is 2.85. The number of anilines is 1. The van der Waals surface area contributed by atoms with Gasteiger partial charge in [0.05, 0.1) is 6.54 Å². The standard InChI is InChI=1S/C14H25N5O2/c1-3-7-19(9-12-5-4-6-15-8-12)10-13(20)16-14-18-17-11(2)21-14/h12,15H,3-10H2,1-2H3,(H,16,18,20). The third kappa shape index (κ3) is 5.43. The maximum absolute atomic E-state index is 12.1. The number of carbonyl (C=O) groups excluding carboxylic acids is 1. The van der Waals surface area contributed by atoms with Crippen molar-refractivity contribution in [1.29, 1.82) is 0 Å². The summed E-state index contributed by atoms with van der Waals surface area (Å²) < 4.78 is 5.16. The van der Waals surface area contributed by atoms with Crippen molar-refractivity contribution in [3.63, 3.8) is 0 Å². The number of carbonyl (C=O) groups is 1. The molecule has 0 aliphatic carbocycles. The Morgan fingerprint density at radius 1 is 1.52 bits per heavy atom. The van der Waals surface area contributed by atoms with Crippen LogP contribution in [-0.4, -0.2) is 53.7 Å². The molecule has 1 aromatic rings. The van der Waals surface area contributed by atoms with Crippen LogP contribution >= 0.6 is 0 Å². The molecule has 1 aliphatic rings. The third-order valence-corrected chi connectivity index (χ3v) is 3.59. The van der Waals surface area contributed by atoms with Gasteiger partial charge in [-0.2, -0.15) is 0 Å². The summed E-state index contributed by atoms with van der Waals surface area (Å²) in [4.78, 5) is 14.3. The van der Waals surface area contributed by atoms with E-state index in [1.165, 1.54) is 12.8 Å². The monoisotopic (exact) mass is 295 g/mol. The number of nitrogens with zero attached hydrogens (tertiary/aromatic N) is 3. The first-order valence-corrected chi connectivity index (χ1v) is 7.70. The lowest BCUT2D eigenvalue weighted by molar-refractivity contribution is -0.117. The van der Waals surface area contributed by atoms with Crippen molar-refractivity contribution in [2.24, 2.45) is 5.92 Å². The fourth-order valence-electron chi connectivity index (χ4n) is 2.71. The van der Waals surface area contributed by atoms with Gasteiger partial charge in [-0.1, -0.05) is 12.0 Å². The van der Waals surface area contributed by atoms with Gasteiger partial charge in [0.2, 0.25) is 11.8 Å². The second-order valence-corrected chi connectivity index (χ2v) is 5.62. The van der Waals surface area contributed by atoms with Gasteiger partial charge in [0.15, 0.2) is 0 Å². The molecular formula is C14H25N5O2. The van der Waals surface area contributed by atoms with E-state index in [1.807, 2.05) is 0 Å². The molecule has 1 unspecified atom stereocenters. The van der Waals surface area contributed by atoms with Crippen molar-refractivity contribution in [3.05, 3.63) is 5.89 Å². The van der Waals surface area contributed by atoms with Crippen LogP contribution in [0.1, 0.15) is 32.1 Å². The number of aromatic nitrogens is 2. The van der Waals surface area contributed by atoms with Gasteiger partial charge in [-0.05, 0) is 44.8 Å². The molecular weight excluding hydrogens is 270 g/mol. The normalized spacial score (nSPS) is 18.9. The molecule has 0 spiro atoms. The molecule has 2 rings (SSSR count). The number of amides is 1. The van der Waals surface area contributed by atoms with Gasteiger partial charge in [0.25, 0.3) is 0 Å². The molecule has 0 saturated carbocycles. The molecule has 0 radical (unpaired) electrons. The fraction of sp³-hybridized carbons (Fsp3) is 0.786. The molecule has 0 aromatic carbocycles. The Morgan fingerprint density at radius 2 is 2.38 bits per heavy atom. The van der Waals surface area contributed by atoms with Gasteiger partial charge >= 0.3 is 6.01 Å². The van der Waals surface area contributed by atoms with Gasteiger partial charge in [0, 0.05) is 13.5 Å². The lowest BCUT2D eigenvalue weighted by atomic mass is 9.99. The van der Waals surface area contributed by atoms with Crippen molar-refractivity contribution in [2.75, 3.05) is 38.0 Å². The summed E-state index contributed by atoms with van der Waals surface area (Å²) in [5.41, 5.74) is 0. The minimum absolute atomic E-state index is 0.101. The molecule has 1 amide bonds. The molecule has 1 fully saturated rings. The molecule has 7 heteroatoms. The summed E-state index contributed by atoms with van der Waals surface area (Å²) in [6.45, 7) is 8.23. The molecule has 1 saturated heterocycles. The zero-order chi connectivity index (χ0) is 15.1. The van der Waals surface area contributed by atoms with Gasteiger partial charge in [0.1, 0.15) is 0 Å². The van der Waals surface area contributed by atoms with E-state index in [0.717, 1.165) is 32.6 Å². The van der Waals surface area contributed by atoms with E-state index in [0.29, 0.717) is 18.4 Å². The van der Waals surface area contributed by atoms with E-state index < -0.39 is 0 Å². The molecule has 1 aromatic heterocycles. The van der Waals surface area contributed by atoms with Crippen molar-refractivity contribution < 1.29 is 9.21 Å². The molecule has 0 bridgehead atoms. The van der Waals surface area contributed by atoms with Gasteiger partial charge in [-0.3, -0.25) is 15.0 Å². The van der Waals surface area contributed by atoms with Crippen LogP contribution < -0.4 is 10.6 Å². The summed E-state index contributed by atoms with van der Waals surface area (Å²) in [6.07, 6.45) is 3.49. The average molecular weight is 295 g/mol. The van der Waals surface area contributed by atoms with Gasteiger partial charge in [-0.25, -0.2) is 0 Å². The van der Waals surface area contributed by atoms with E-state index in [2.05, 4.69) is 32.7 Å². The summed E-state index contributed by atoms with van der Waals surface area (Å²) in [6, 6.07) is 0.174. The second-order valence-electron chi connectivity index (χ2n) is 5.62. The van der Waals surface area contributed by atoms with E-state index in [9.17, 15) is 4.79 Å². The molecule has 2 N–H and O–H groups in total. The Morgan fingerprint density at radius 3 is 3.00 bits per heavy atom. The minimum atomic E-state index is -0.101. The molecule has 7 nitrogen and oxygen atoms in total. The first kappa shape index (κ1) is 15.9. The molecule has 1 atom stereocenters. The van der Waals surface area contributed by atoms with Crippen LogP contribution in [0.25, 0.3) is 0 Å². The van der Waals surface area contributed by atoms with E-state index in [4.69, 9.17) is 4.42 Å². The molecule has 1 aliphatic heterocycles. The topological polar surface area (TPSA) is 83.3 Å². The van der Waals surface area contributed by atoms with Crippen molar-refractivity contribution in [2.45, 2.75) is 33.1 Å². The second kappa shape index (κ2) is 8.09. The van der Waals surface area contributed by atoms with Crippen LogP contribution in [0.15, 0.2) is 4.42 Å². The summed E-state index contributed by atoms with van der Waals surface area (Å²) in [7, 11) is 0. The third-order valence-electron chi connectivity index (χ3n) is 3.59. The number of hydrogen-bond donors (Lipinski definition) is 2. The van der Waals surface area contributed by atoms with E-state index in [1.54, 1.807) is 6.92 Å². The van der Waals surface area contributed by atoms with Crippen molar-refractivity contribution in [1.82, 2.24) is 20.4 Å². The Labute approximate surface area is 125 Å². The quantitative estimate of drug-likeness (QED) is 0.781. The maximum atomic E-state index is 12.1. The van der Waals surface area contributed by atoms with Crippen LogP contribution in [0.3, 0.4) is 0 Å². The summed E-state index contributed by atoms with van der Waals surface area (Å²) in [5.74, 6) is 0.976. The lowest BCUT2D eigenvalue weighted by Gasteiger charge is -2.29. The number of aryl methyl sites for hydroxylation is 1. The van der Waals surface area contributed by atoms with Crippen LogP contribution in [0.4, 0.5) is 6.01 Å². The Kier molecular flexibility index (Phi) is 6.13. The number of rotatable bonds is 7. The Balaban J connectivity index is 1.81. The minimum Gasteiger partial charge on any atom is -0.408 e. The van der Waals surface area contributed by atoms with Crippen LogP contribution in [-0.2, 0) is 4.79 Å². The zero-order valence-electron chi connectivity index (χ0n) is 12.9.